The third-order valence-corrected chi connectivity index (χ3v) is 4.33. The summed E-state index contributed by atoms with van der Waals surface area (Å²) in [6.07, 6.45) is -4.15. The Bertz CT molecular complexity index is 967. The average molecular weight is 391 g/mol. The number of rotatable bonds is 6. The number of halogens is 3. The average Bonchev–Trinajstić information content (AvgIpc) is 2.95. The zero-order valence-electron chi connectivity index (χ0n) is 15.2. The van der Waals surface area contributed by atoms with Gasteiger partial charge in [-0.15, -0.1) is 13.2 Å². The van der Waals surface area contributed by atoms with Crippen LogP contribution in [0, 0.1) is 6.92 Å². The van der Waals surface area contributed by atoms with E-state index in [0.717, 1.165) is 22.2 Å². The second kappa shape index (κ2) is 8.24. The van der Waals surface area contributed by atoms with Crippen molar-refractivity contribution < 1.29 is 22.7 Å². The van der Waals surface area contributed by atoms with Gasteiger partial charge in [-0.2, -0.15) is 0 Å². The number of H-pyrrole nitrogens is 1. The van der Waals surface area contributed by atoms with Crippen molar-refractivity contribution >= 4 is 16.9 Å². The summed E-state index contributed by atoms with van der Waals surface area (Å²) in [7, 11) is 0. The maximum absolute atomic E-state index is 12.4. The maximum atomic E-state index is 12.4. The topological polar surface area (TPSA) is 66.2 Å². The SMILES string of the molecule is Cc1[nH]c2ccccc2c1CCNC(=O)NCc1ccccc1OC(F)(F)F. The molecule has 0 aliphatic rings. The molecule has 1 heterocycles. The predicted octanol–water partition coefficient (Wildman–Crippen LogP) is 4.42. The number of nitrogens with one attached hydrogen (secondary N) is 3. The van der Waals surface area contributed by atoms with Gasteiger partial charge in [0.25, 0.3) is 0 Å². The Morgan fingerprint density at radius 3 is 2.57 bits per heavy atom. The van der Waals surface area contributed by atoms with Crippen LogP contribution in [-0.4, -0.2) is 23.9 Å². The molecule has 0 aliphatic heterocycles. The second-order valence-electron chi connectivity index (χ2n) is 6.29. The molecule has 28 heavy (non-hydrogen) atoms. The lowest BCUT2D eigenvalue weighted by Gasteiger charge is -2.14. The first kappa shape index (κ1) is 19.6. The standard InChI is InChI=1S/C20H20F3N3O2/c1-13-15(16-7-3-4-8-17(16)26-13)10-11-24-19(27)25-12-14-6-2-5-9-18(14)28-20(21,22)23/h2-9,26H,10-12H2,1H3,(H2,24,25,27). The first-order valence-corrected chi connectivity index (χ1v) is 8.75. The quantitative estimate of drug-likeness (QED) is 0.583. The van der Waals surface area contributed by atoms with Crippen LogP contribution in [0.3, 0.4) is 0 Å². The Hall–Kier alpha value is -3.16. The van der Waals surface area contributed by atoms with Gasteiger partial charge in [0.05, 0.1) is 0 Å². The molecule has 3 N–H and O–H groups in total. The lowest BCUT2D eigenvalue weighted by Crippen LogP contribution is -2.36. The Morgan fingerprint density at radius 2 is 1.79 bits per heavy atom. The van der Waals surface area contributed by atoms with Crippen molar-refractivity contribution in [1.82, 2.24) is 15.6 Å². The van der Waals surface area contributed by atoms with Crippen molar-refractivity contribution in [2.24, 2.45) is 0 Å². The number of aryl methyl sites for hydroxylation is 1. The highest BCUT2D eigenvalue weighted by atomic mass is 19.4. The molecule has 5 nitrogen and oxygen atoms in total. The van der Waals surface area contributed by atoms with E-state index < -0.39 is 12.4 Å². The summed E-state index contributed by atoms with van der Waals surface area (Å²) >= 11 is 0. The number of urea groups is 1. The van der Waals surface area contributed by atoms with Gasteiger partial charge in [0.2, 0.25) is 0 Å². The van der Waals surface area contributed by atoms with Gasteiger partial charge in [0.1, 0.15) is 5.75 Å². The number of amides is 2. The first-order valence-electron chi connectivity index (χ1n) is 8.75. The van der Waals surface area contributed by atoms with Crippen LogP contribution >= 0.6 is 0 Å². The molecule has 2 aromatic carbocycles. The number of fused-ring (bicyclic) bond motifs is 1. The van der Waals surface area contributed by atoms with Crippen molar-refractivity contribution in [2.75, 3.05) is 6.54 Å². The van der Waals surface area contributed by atoms with E-state index in [1.165, 1.54) is 18.2 Å². The summed E-state index contributed by atoms with van der Waals surface area (Å²) in [6.45, 7) is 2.30. The third kappa shape index (κ3) is 4.97. The molecular formula is C20H20F3N3O2. The summed E-state index contributed by atoms with van der Waals surface area (Å²) < 4.78 is 41.3. The highest BCUT2D eigenvalue weighted by Crippen LogP contribution is 2.26. The third-order valence-electron chi connectivity index (χ3n) is 4.33. The molecular weight excluding hydrogens is 371 g/mol. The van der Waals surface area contributed by atoms with Crippen LogP contribution in [0.5, 0.6) is 5.75 Å². The lowest BCUT2D eigenvalue weighted by atomic mass is 10.1. The van der Waals surface area contributed by atoms with Crippen LogP contribution in [-0.2, 0) is 13.0 Å². The molecule has 0 spiro atoms. The van der Waals surface area contributed by atoms with Gasteiger partial charge in [0, 0.05) is 35.2 Å². The fraction of sp³-hybridized carbons (Fsp3) is 0.250. The Morgan fingerprint density at radius 1 is 1.07 bits per heavy atom. The van der Waals surface area contributed by atoms with Gasteiger partial charge in [-0.1, -0.05) is 36.4 Å². The second-order valence-corrected chi connectivity index (χ2v) is 6.29. The summed E-state index contributed by atoms with van der Waals surface area (Å²) in [6, 6.07) is 13.2. The zero-order valence-corrected chi connectivity index (χ0v) is 15.2. The van der Waals surface area contributed by atoms with Crippen molar-refractivity contribution in [3.63, 3.8) is 0 Å². The van der Waals surface area contributed by atoms with Crippen LogP contribution < -0.4 is 15.4 Å². The van der Waals surface area contributed by atoms with Crippen LogP contribution in [0.1, 0.15) is 16.8 Å². The molecule has 1 aromatic heterocycles. The van der Waals surface area contributed by atoms with Gasteiger partial charge < -0.3 is 20.4 Å². The van der Waals surface area contributed by atoms with E-state index in [0.29, 0.717) is 13.0 Å². The summed E-state index contributed by atoms with van der Waals surface area (Å²) in [4.78, 5) is 15.3. The Balaban J connectivity index is 1.52. The number of ether oxygens (including phenoxy) is 1. The van der Waals surface area contributed by atoms with Crippen LogP contribution in [0.15, 0.2) is 48.5 Å². The number of carbonyl (C=O) groups excluding carboxylic acids is 1. The van der Waals surface area contributed by atoms with E-state index in [4.69, 9.17) is 0 Å². The number of hydrogen-bond donors (Lipinski definition) is 3. The van der Waals surface area contributed by atoms with Crippen LogP contribution in [0.2, 0.25) is 0 Å². The minimum atomic E-state index is -4.78. The fourth-order valence-electron chi connectivity index (χ4n) is 3.07. The van der Waals surface area contributed by atoms with E-state index >= 15 is 0 Å². The van der Waals surface area contributed by atoms with Gasteiger partial charge in [-0.05, 0) is 31.0 Å². The van der Waals surface area contributed by atoms with Gasteiger partial charge in [-0.25, -0.2) is 4.79 Å². The van der Waals surface area contributed by atoms with Crippen LogP contribution in [0.25, 0.3) is 10.9 Å². The van der Waals surface area contributed by atoms with E-state index in [1.807, 2.05) is 31.2 Å². The first-order chi connectivity index (χ1) is 13.3. The lowest BCUT2D eigenvalue weighted by molar-refractivity contribution is -0.274. The van der Waals surface area contributed by atoms with Crippen molar-refractivity contribution in [3.05, 3.63) is 65.4 Å². The summed E-state index contributed by atoms with van der Waals surface area (Å²) in [5, 5.41) is 6.39. The van der Waals surface area contributed by atoms with E-state index in [9.17, 15) is 18.0 Å². The molecule has 2 amide bonds. The predicted molar refractivity (Wildman–Crippen MR) is 100 cm³/mol. The number of hydrogen-bond acceptors (Lipinski definition) is 2. The minimum Gasteiger partial charge on any atom is -0.405 e. The molecule has 0 radical (unpaired) electrons. The normalized spacial score (nSPS) is 11.4. The molecule has 0 fully saturated rings. The number of aromatic nitrogens is 1. The molecule has 148 valence electrons. The molecule has 3 rings (SSSR count). The van der Waals surface area contributed by atoms with Gasteiger partial charge in [-0.3, -0.25) is 0 Å². The number of carbonyl (C=O) groups is 1. The molecule has 0 bridgehead atoms. The highest BCUT2D eigenvalue weighted by molar-refractivity contribution is 5.84. The van der Waals surface area contributed by atoms with Gasteiger partial charge in [0.15, 0.2) is 0 Å². The smallest absolute Gasteiger partial charge is 0.405 e. The van der Waals surface area contributed by atoms with E-state index in [1.54, 1.807) is 6.07 Å². The Labute approximate surface area is 159 Å². The minimum absolute atomic E-state index is 0.0792. The monoisotopic (exact) mass is 391 g/mol. The molecule has 0 aliphatic carbocycles. The van der Waals surface area contributed by atoms with Crippen molar-refractivity contribution in [2.45, 2.75) is 26.3 Å². The maximum Gasteiger partial charge on any atom is 0.573 e. The van der Waals surface area contributed by atoms with E-state index in [2.05, 4.69) is 20.4 Å². The number of benzene rings is 2. The molecule has 0 saturated carbocycles. The summed E-state index contributed by atoms with van der Waals surface area (Å²) in [5.41, 5.74) is 3.45. The number of aromatic amines is 1. The van der Waals surface area contributed by atoms with Crippen molar-refractivity contribution in [3.8, 4) is 5.75 Å². The largest absolute Gasteiger partial charge is 0.573 e. The molecule has 0 unspecified atom stereocenters. The molecule has 0 atom stereocenters. The highest BCUT2D eigenvalue weighted by Gasteiger charge is 2.31. The van der Waals surface area contributed by atoms with Crippen LogP contribution in [0.4, 0.5) is 18.0 Å². The molecule has 8 heteroatoms. The van der Waals surface area contributed by atoms with E-state index in [-0.39, 0.29) is 17.9 Å². The van der Waals surface area contributed by atoms with Crippen molar-refractivity contribution in [1.29, 1.82) is 0 Å². The Kier molecular flexibility index (Phi) is 5.77. The fourth-order valence-corrected chi connectivity index (χ4v) is 3.07. The molecule has 0 saturated heterocycles. The summed E-state index contributed by atoms with van der Waals surface area (Å²) in [5.74, 6) is -0.329. The number of alkyl halides is 3. The molecule has 3 aromatic rings. The number of para-hydroxylation sites is 2. The van der Waals surface area contributed by atoms with Gasteiger partial charge >= 0.3 is 12.4 Å². The zero-order chi connectivity index (χ0) is 20.1.